The molecule has 1 saturated carbocycles. The van der Waals surface area contributed by atoms with Crippen LogP contribution >= 0.6 is 19.6 Å². The van der Waals surface area contributed by atoms with Crippen LogP contribution in [0.5, 0.6) is 0 Å². The molecule has 2 unspecified atom stereocenters. The number of phosphoric acid groups is 1. The highest BCUT2D eigenvalue weighted by molar-refractivity contribution is 7.98. The van der Waals surface area contributed by atoms with Crippen LogP contribution in [-0.2, 0) is 35.6 Å². The Hall–Kier alpha value is -3.30. The number of nitrogens with one attached hydrogen (secondary N) is 2. The molecule has 16 heteroatoms. The minimum atomic E-state index is -4.96. The number of aliphatic hydroxyl groups is 1. The van der Waals surface area contributed by atoms with Gasteiger partial charge >= 0.3 is 7.82 Å². The van der Waals surface area contributed by atoms with Crippen LogP contribution in [-0.4, -0.2) is 68.3 Å². The molecule has 0 bridgehead atoms. The van der Waals surface area contributed by atoms with Crippen LogP contribution < -0.4 is 10.7 Å². The molecule has 3 fully saturated rings. The van der Waals surface area contributed by atoms with Crippen molar-refractivity contribution in [2.24, 2.45) is 5.92 Å². The van der Waals surface area contributed by atoms with Gasteiger partial charge in [0.05, 0.1) is 11.6 Å². The van der Waals surface area contributed by atoms with Crippen molar-refractivity contribution in [1.29, 1.82) is 0 Å². The molecule has 2 saturated heterocycles. The Kier molecular flexibility index (Phi) is 8.20. The highest BCUT2D eigenvalue weighted by Crippen LogP contribution is 2.43. The monoisotopic (exact) mass is 676 g/mol. The second-order valence-electron chi connectivity index (χ2n) is 11.8. The summed E-state index contributed by atoms with van der Waals surface area (Å²) in [6.45, 7) is -0.919. The molecule has 1 aliphatic carbocycles. The van der Waals surface area contributed by atoms with E-state index in [0.717, 1.165) is 29.4 Å². The highest BCUT2D eigenvalue weighted by atomic mass is 32.2. The lowest BCUT2D eigenvalue weighted by atomic mass is 9.90. The molecule has 5 aliphatic rings. The van der Waals surface area contributed by atoms with Crippen LogP contribution in [0, 0.1) is 17.6 Å². The first kappa shape index (κ1) is 31.3. The second kappa shape index (κ2) is 12.1. The highest BCUT2D eigenvalue weighted by Gasteiger charge is 2.47. The summed E-state index contributed by atoms with van der Waals surface area (Å²) in [4.78, 5) is 47.8. The van der Waals surface area contributed by atoms with E-state index in [2.05, 4.69) is 15.3 Å². The number of piperidine rings is 1. The van der Waals surface area contributed by atoms with Gasteiger partial charge in [-0.1, -0.05) is 18.2 Å². The number of ether oxygens (including phenoxy) is 1. The fraction of sp³-hybridized carbons (Fsp3) is 0.400. The molecule has 0 aromatic heterocycles. The summed E-state index contributed by atoms with van der Waals surface area (Å²) in [6.07, 6.45) is 2.04. The molecule has 244 valence electrons. The number of benzene rings is 2. The Bertz CT molecular complexity index is 1730. The van der Waals surface area contributed by atoms with Gasteiger partial charge in [-0.05, 0) is 61.4 Å². The van der Waals surface area contributed by atoms with E-state index >= 15 is 8.78 Å². The number of aliphatic hydroxyl groups excluding tert-OH is 1. The van der Waals surface area contributed by atoms with Gasteiger partial charge in [-0.25, -0.2) is 23.3 Å². The number of phosphoric ester groups is 1. The van der Waals surface area contributed by atoms with Crippen molar-refractivity contribution in [1.82, 2.24) is 20.7 Å². The van der Waals surface area contributed by atoms with Gasteiger partial charge in [-0.15, -0.1) is 11.8 Å². The molecule has 4 heterocycles. The molecule has 3 atom stereocenters. The molecule has 0 radical (unpaired) electrons. The quantitative estimate of drug-likeness (QED) is 0.217. The predicted molar refractivity (Wildman–Crippen MR) is 160 cm³/mol. The first-order valence-corrected chi connectivity index (χ1v) is 17.4. The van der Waals surface area contributed by atoms with E-state index in [-0.39, 0.29) is 58.9 Å². The summed E-state index contributed by atoms with van der Waals surface area (Å²) in [7, 11) is -4.96. The molecule has 12 nitrogen and oxygen atoms in total. The third kappa shape index (κ3) is 5.97. The lowest BCUT2D eigenvalue weighted by molar-refractivity contribution is -0.144. The Morgan fingerprint density at radius 1 is 1.15 bits per heavy atom. The van der Waals surface area contributed by atoms with Gasteiger partial charge in [-0.3, -0.25) is 14.6 Å². The number of halogens is 2. The molecular weight excluding hydrogens is 645 g/mol. The second-order valence-corrected chi connectivity index (χ2v) is 14.1. The van der Waals surface area contributed by atoms with Gasteiger partial charge in [0, 0.05) is 34.4 Å². The van der Waals surface area contributed by atoms with Gasteiger partial charge in [0.2, 0.25) is 5.91 Å². The van der Waals surface area contributed by atoms with E-state index in [1.807, 2.05) is 24.3 Å². The molecule has 2 aromatic carbocycles. The topological polar surface area (TPSA) is 161 Å². The Morgan fingerprint density at radius 2 is 1.93 bits per heavy atom. The lowest BCUT2D eigenvalue weighted by Crippen LogP contribution is -2.66. The van der Waals surface area contributed by atoms with E-state index < -0.39 is 50.3 Å². The number of carbonyl (C=O) groups excluding carboxylic acids is 2. The minimum Gasteiger partial charge on any atom is -0.466 e. The Morgan fingerprint density at radius 3 is 2.70 bits per heavy atom. The number of nitrogens with zero attached hydrogens (tertiary/aromatic N) is 2. The van der Waals surface area contributed by atoms with Crippen molar-refractivity contribution in [3.8, 4) is 0 Å². The largest absolute Gasteiger partial charge is 0.472 e. The molecule has 2 aromatic rings. The lowest BCUT2D eigenvalue weighted by Gasteiger charge is -2.49. The van der Waals surface area contributed by atoms with Gasteiger partial charge in [-0.2, -0.15) is 0 Å². The third-order valence-electron chi connectivity index (χ3n) is 8.76. The standard InChI is InChI=1S/C30H31F2N4O8PS/c31-21-10-19(18-9-15-3-1-2-4-24(15)46-13-20(18)26(21)32)22-11-23(37)28(43-14-44-45(40,41)42)27-30(39)35-12-16(29(38)33-17-6-7-17)5-8-25(35)34-36(22)27/h1-4,10-11,16-17,23,25,34,37H,5-9,12-14H2,(H,33,38)(H2,40,41,42)/t16?,23?,25-/m0/s1. The maximum absolute atomic E-state index is 15.3. The number of hydrogen-bond acceptors (Lipinski definition) is 9. The van der Waals surface area contributed by atoms with E-state index in [0.29, 0.717) is 18.4 Å². The van der Waals surface area contributed by atoms with Crippen LogP contribution in [0.2, 0.25) is 0 Å². The zero-order valence-corrected chi connectivity index (χ0v) is 26.0. The minimum absolute atomic E-state index is 0.0718. The zero-order chi connectivity index (χ0) is 32.3. The summed E-state index contributed by atoms with van der Waals surface area (Å²) < 4.78 is 51.8. The summed E-state index contributed by atoms with van der Waals surface area (Å²) in [5.41, 5.74) is 5.00. The van der Waals surface area contributed by atoms with E-state index in [1.165, 1.54) is 27.7 Å². The number of hydrogen-bond donors (Lipinski definition) is 5. The number of carbonyl (C=O) groups is 2. The summed E-state index contributed by atoms with van der Waals surface area (Å²) in [5, 5.41) is 15.6. The van der Waals surface area contributed by atoms with E-state index in [9.17, 15) is 19.3 Å². The first-order valence-electron chi connectivity index (χ1n) is 14.8. The van der Waals surface area contributed by atoms with Crippen molar-refractivity contribution in [2.45, 2.75) is 61.1 Å². The maximum Gasteiger partial charge on any atom is 0.472 e. The molecule has 4 aliphatic heterocycles. The van der Waals surface area contributed by atoms with Crippen LogP contribution in [0.1, 0.15) is 47.9 Å². The fourth-order valence-corrected chi connectivity index (χ4v) is 7.62. The van der Waals surface area contributed by atoms with Crippen LogP contribution in [0.15, 0.2) is 52.8 Å². The predicted octanol–water partition coefficient (Wildman–Crippen LogP) is 2.84. The maximum atomic E-state index is 15.3. The van der Waals surface area contributed by atoms with E-state index in [4.69, 9.17) is 14.5 Å². The number of fused-ring (bicyclic) bond motifs is 4. The smallest absolute Gasteiger partial charge is 0.466 e. The molecule has 7 rings (SSSR count). The average molecular weight is 677 g/mol. The third-order valence-corrected chi connectivity index (χ3v) is 10.3. The van der Waals surface area contributed by atoms with E-state index in [1.54, 1.807) is 0 Å². The normalized spacial score (nSPS) is 24.3. The summed E-state index contributed by atoms with van der Waals surface area (Å²) >= 11 is 1.39. The van der Waals surface area contributed by atoms with Gasteiger partial charge in [0.15, 0.2) is 29.9 Å². The van der Waals surface area contributed by atoms with Gasteiger partial charge in [0.1, 0.15) is 12.3 Å². The number of thioether (sulfide) groups is 1. The van der Waals surface area contributed by atoms with Crippen LogP contribution in [0.25, 0.3) is 5.70 Å². The molecule has 2 amide bonds. The van der Waals surface area contributed by atoms with Crippen molar-refractivity contribution in [3.63, 3.8) is 0 Å². The Balaban J connectivity index is 1.28. The molecule has 0 spiro atoms. The van der Waals surface area contributed by atoms with Crippen molar-refractivity contribution >= 4 is 37.1 Å². The van der Waals surface area contributed by atoms with Crippen molar-refractivity contribution < 1.29 is 47.1 Å². The van der Waals surface area contributed by atoms with Crippen LogP contribution in [0.4, 0.5) is 8.78 Å². The first-order chi connectivity index (χ1) is 22.0. The zero-order valence-electron chi connectivity index (χ0n) is 24.3. The van der Waals surface area contributed by atoms with Gasteiger partial charge < -0.3 is 29.8 Å². The molecule has 46 heavy (non-hydrogen) atoms. The number of rotatable bonds is 7. The van der Waals surface area contributed by atoms with Crippen molar-refractivity contribution in [3.05, 3.63) is 81.8 Å². The average Bonchev–Trinajstić information content (AvgIpc) is 3.85. The fourth-order valence-electron chi connectivity index (χ4n) is 6.33. The molecule has 5 N–H and O–H groups in total. The van der Waals surface area contributed by atoms with Gasteiger partial charge in [0.25, 0.3) is 5.91 Å². The summed E-state index contributed by atoms with van der Waals surface area (Å²) in [6, 6.07) is 8.73. The van der Waals surface area contributed by atoms with Crippen LogP contribution in [0.3, 0.4) is 0 Å². The Labute approximate surface area is 266 Å². The molecular formula is C30H31F2N4O8PS. The SMILES string of the molecule is O=C(NC1CC1)C1CC[C@H]2NN3C(c4cc(F)c(F)c5c4Cc4ccccc4SC5)=CC(O)C(OCOP(=O)(O)O)=C3C(=O)N2C1. The van der Waals surface area contributed by atoms with Crippen molar-refractivity contribution in [2.75, 3.05) is 13.3 Å². The number of hydrazine groups is 1. The number of amides is 2. The summed E-state index contributed by atoms with van der Waals surface area (Å²) in [5.74, 6) is -3.52.